The van der Waals surface area contributed by atoms with E-state index < -0.39 is 9.84 Å². The monoisotopic (exact) mass is 471 g/mol. The Morgan fingerprint density at radius 2 is 1.84 bits per heavy atom. The summed E-state index contributed by atoms with van der Waals surface area (Å²) in [5.74, 6) is 1.07. The summed E-state index contributed by atoms with van der Waals surface area (Å²) in [6.07, 6.45) is 1.88. The molecule has 1 atom stereocenters. The van der Waals surface area contributed by atoms with Gasteiger partial charge in [-0.3, -0.25) is 4.79 Å². The second-order valence-electron chi connectivity index (χ2n) is 7.84. The van der Waals surface area contributed by atoms with Crippen LogP contribution in [0.1, 0.15) is 38.0 Å². The lowest BCUT2D eigenvalue weighted by Crippen LogP contribution is -2.40. The third-order valence-corrected chi connectivity index (χ3v) is 7.33. The first-order chi connectivity index (χ1) is 15.3. The van der Waals surface area contributed by atoms with E-state index in [2.05, 4.69) is 0 Å². The number of amides is 1. The van der Waals surface area contributed by atoms with Crippen LogP contribution in [0.15, 0.2) is 53.9 Å². The van der Waals surface area contributed by atoms with Crippen molar-refractivity contribution in [2.45, 2.75) is 18.2 Å². The lowest BCUT2D eigenvalue weighted by Gasteiger charge is -2.37. The number of methoxy groups -OCH3 is 2. The zero-order valence-corrected chi connectivity index (χ0v) is 19.8. The summed E-state index contributed by atoms with van der Waals surface area (Å²) in [6.45, 7) is 0.542. The standard InChI is InChI=1S/C24H25NO5S2/c1-29-20-13-17-9-10-25(23(22-8-5-11-31-22)19(17)14-21(20)30-2)24(26)18-7-4-6-16(12-18)15-32(3,27)28/h4-8,11-14,23H,9-10,15H2,1-3H3. The SMILES string of the molecule is COc1cc2c(cc1OC)C(c1cccs1)N(C(=O)c1cccc(CS(C)(=O)=O)c1)CC2. The molecule has 1 aromatic heterocycles. The van der Waals surface area contributed by atoms with E-state index in [4.69, 9.17) is 9.47 Å². The van der Waals surface area contributed by atoms with Crippen molar-refractivity contribution in [1.29, 1.82) is 0 Å². The molecule has 2 aromatic carbocycles. The van der Waals surface area contributed by atoms with Gasteiger partial charge in [0.15, 0.2) is 21.3 Å². The normalized spacial score (nSPS) is 15.8. The molecule has 0 saturated heterocycles. The average Bonchev–Trinajstić information content (AvgIpc) is 3.30. The lowest BCUT2D eigenvalue weighted by molar-refractivity contribution is 0.0696. The number of carbonyl (C=O) groups is 1. The first-order valence-electron chi connectivity index (χ1n) is 10.2. The predicted octanol–water partition coefficient (Wildman–Crippen LogP) is 4.10. The number of fused-ring (bicyclic) bond motifs is 1. The largest absolute Gasteiger partial charge is 0.493 e. The summed E-state index contributed by atoms with van der Waals surface area (Å²) in [5.41, 5.74) is 3.22. The molecule has 168 valence electrons. The molecule has 0 spiro atoms. The Balaban J connectivity index is 1.76. The highest BCUT2D eigenvalue weighted by atomic mass is 32.2. The van der Waals surface area contributed by atoms with Gasteiger partial charge in [-0.05, 0) is 58.8 Å². The topological polar surface area (TPSA) is 72.9 Å². The molecule has 0 aliphatic carbocycles. The fraction of sp³-hybridized carbons (Fsp3) is 0.292. The van der Waals surface area contributed by atoms with Crippen LogP contribution in [0.5, 0.6) is 11.5 Å². The number of nitrogens with zero attached hydrogens (tertiary/aromatic N) is 1. The molecule has 1 amide bonds. The fourth-order valence-corrected chi connectivity index (χ4v) is 5.82. The van der Waals surface area contributed by atoms with Crippen molar-refractivity contribution < 1.29 is 22.7 Å². The third kappa shape index (κ3) is 4.52. The van der Waals surface area contributed by atoms with Crippen molar-refractivity contribution in [3.05, 3.63) is 81.0 Å². The molecule has 0 radical (unpaired) electrons. The number of rotatable bonds is 6. The smallest absolute Gasteiger partial charge is 0.254 e. The van der Waals surface area contributed by atoms with Crippen LogP contribution in [0, 0.1) is 0 Å². The Hall–Kier alpha value is -2.84. The highest BCUT2D eigenvalue weighted by Crippen LogP contribution is 2.42. The van der Waals surface area contributed by atoms with Crippen LogP contribution >= 0.6 is 11.3 Å². The molecule has 3 aromatic rings. The average molecular weight is 472 g/mol. The van der Waals surface area contributed by atoms with E-state index in [0.29, 0.717) is 35.6 Å². The molecular weight excluding hydrogens is 446 g/mol. The highest BCUT2D eigenvalue weighted by molar-refractivity contribution is 7.89. The van der Waals surface area contributed by atoms with Crippen LogP contribution in [0.3, 0.4) is 0 Å². The van der Waals surface area contributed by atoms with E-state index >= 15 is 0 Å². The molecule has 0 saturated carbocycles. The molecule has 0 bridgehead atoms. The minimum absolute atomic E-state index is 0.0949. The number of ether oxygens (including phenoxy) is 2. The van der Waals surface area contributed by atoms with Crippen LogP contribution in [-0.2, 0) is 22.0 Å². The number of thiophene rings is 1. The van der Waals surface area contributed by atoms with Gasteiger partial charge in [-0.2, -0.15) is 0 Å². The van der Waals surface area contributed by atoms with Crippen molar-refractivity contribution >= 4 is 27.1 Å². The zero-order valence-electron chi connectivity index (χ0n) is 18.2. The van der Waals surface area contributed by atoms with E-state index in [1.54, 1.807) is 49.8 Å². The van der Waals surface area contributed by atoms with Crippen LogP contribution in [0.2, 0.25) is 0 Å². The summed E-state index contributed by atoms with van der Waals surface area (Å²) in [4.78, 5) is 16.6. The molecule has 32 heavy (non-hydrogen) atoms. The van der Waals surface area contributed by atoms with Gasteiger partial charge in [0, 0.05) is 23.2 Å². The fourth-order valence-electron chi connectivity index (χ4n) is 4.18. The van der Waals surface area contributed by atoms with Crippen molar-refractivity contribution in [3.63, 3.8) is 0 Å². The van der Waals surface area contributed by atoms with Gasteiger partial charge in [0.25, 0.3) is 5.91 Å². The third-order valence-electron chi connectivity index (χ3n) is 5.55. The molecule has 8 heteroatoms. The maximum atomic E-state index is 13.6. The Morgan fingerprint density at radius 1 is 1.09 bits per heavy atom. The number of hydrogen-bond donors (Lipinski definition) is 0. The van der Waals surface area contributed by atoms with Crippen molar-refractivity contribution in [1.82, 2.24) is 4.90 Å². The Labute approximate surface area is 192 Å². The molecule has 0 fully saturated rings. The minimum atomic E-state index is -3.19. The Bertz CT molecular complexity index is 1240. The summed E-state index contributed by atoms with van der Waals surface area (Å²) in [6, 6.07) is 14.6. The summed E-state index contributed by atoms with van der Waals surface area (Å²) in [7, 11) is 0.0208. The Morgan fingerprint density at radius 3 is 2.50 bits per heavy atom. The maximum absolute atomic E-state index is 13.6. The molecule has 1 aliphatic rings. The quantitative estimate of drug-likeness (QED) is 0.541. The zero-order chi connectivity index (χ0) is 22.9. The van der Waals surface area contributed by atoms with E-state index in [0.717, 1.165) is 16.0 Å². The van der Waals surface area contributed by atoms with Gasteiger partial charge >= 0.3 is 0 Å². The summed E-state index contributed by atoms with van der Waals surface area (Å²) in [5, 5.41) is 2.00. The van der Waals surface area contributed by atoms with Crippen LogP contribution in [0.25, 0.3) is 0 Å². The van der Waals surface area contributed by atoms with E-state index in [1.807, 2.05) is 34.5 Å². The molecule has 1 aliphatic heterocycles. The van der Waals surface area contributed by atoms with Gasteiger partial charge in [0.1, 0.15) is 0 Å². The minimum Gasteiger partial charge on any atom is -0.493 e. The summed E-state index contributed by atoms with van der Waals surface area (Å²) < 4.78 is 34.5. The van der Waals surface area contributed by atoms with Gasteiger partial charge in [-0.25, -0.2) is 8.42 Å². The van der Waals surface area contributed by atoms with Crippen LogP contribution in [0.4, 0.5) is 0 Å². The highest BCUT2D eigenvalue weighted by Gasteiger charge is 2.34. The number of sulfone groups is 1. The number of hydrogen-bond acceptors (Lipinski definition) is 6. The molecule has 6 nitrogen and oxygen atoms in total. The van der Waals surface area contributed by atoms with Crippen LogP contribution in [-0.4, -0.2) is 46.2 Å². The number of benzene rings is 2. The van der Waals surface area contributed by atoms with Gasteiger partial charge in [0.05, 0.1) is 26.0 Å². The van der Waals surface area contributed by atoms with E-state index in [-0.39, 0.29) is 17.7 Å². The molecule has 4 rings (SSSR count). The van der Waals surface area contributed by atoms with Crippen molar-refractivity contribution in [2.75, 3.05) is 27.0 Å². The Kier molecular flexibility index (Phi) is 6.26. The molecule has 2 heterocycles. The number of carbonyl (C=O) groups excluding carboxylic acids is 1. The lowest BCUT2D eigenvalue weighted by atomic mass is 9.90. The second-order valence-corrected chi connectivity index (χ2v) is 11.0. The molecular formula is C24H25NO5S2. The molecule has 1 unspecified atom stereocenters. The van der Waals surface area contributed by atoms with Crippen LogP contribution < -0.4 is 9.47 Å². The first-order valence-corrected chi connectivity index (χ1v) is 13.1. The van der Waals surface area contributed by atoms with Gasteiger partial charge in [-0.1, -0.05) is 18.2 Å². The van der Waals surface area contributed by atoms with Crippen molar-refractivity contribution in [2.24, 2.45) is 0 Å². The van der Waals surface area contributed by atoms with E-state index in [9.17, 15) is 13.2 Å². The van der Waals surface area contributed by atoms with Gasteiger partial charge in [-0.15, -0.1) is 11.3 Å². The predicted molar refractivity (Wildman–Crippen MR) is 125 cm³/mol. The van der Waals surface area contributed by atoms with E-state index in [1.165, 1.54) is 6.26 Å². The first kappa shape index (κ1) is 22.4. The summed E-state index contributed by atoms with van der Waals surface area (Å²) >= 11 is 1.60. The molecule has 0 N–H and O–H groups in total. The van der Waals surface area contributed by atoms with Crippen molar-refractivity contribution in [3.8, 4) is 11.5 Å². The second kappa shape index (κ2) is 8.96. The maximum Gasteiger partial charge on any atom is 0.254 e. The van der Waals surface area contributed by atoms with Gasteiger partial charge < -0.3 is 14.4 Å². The van der Waals surface area contributed by atoms with Gasteiger partial charge in [0.2, 0.25) is 0 Å².